The largest absolute Gasteiger partial charge is 0.312 e. The molecular weight excluding hydrogens is 218 g/mol. The zero-order valence-electron chi connectivity index (χ0n) is 10.7. The third kappa shape index (κ3) is 0.686. The van der Waals surface area contributed by atoms with Crippen LogP contribution in [0.2, 0.25) is 0 Å². The van der Waals surface area contributed by atoms with E-state index >= 15 is 0 Å². The highest BCUT2D eigenvalue weighted by atomic mass is 15.1. The van der Waals surface area contributed by atoms with Crippen LogP contribution in [0.1, 0.15) is 42.4 Å². The first-order valence-electron chi connectivity index (χ1n) is 7.35. The predicted octanol–water partition coefficient (Wildman–Crippen LogP) is 2.99. The number of benzene rings is 1. The van der Waals surface area contributed by atoms with Crippen molar-refractivity contribution in [3.05, 3.63) is 41.5 Å². The molecule has 1 aliphatic heterocycles. The van der Waals surface area contributed by atoms with Crippen molar-refractivity contribution >= 4 is 6.08 Å². The third-order valence-corrected chi connectivity index (χ3v) is 6.54. The molecule has 3 fully saturated rings. The van der Waals surface area contributed by atoms with Crippen LogP contribution in [0.25, 0.3) is 6.08 Å². The minimum absolute atomic E-state index is 0.549. The van der Waals surface area contributed by atoms with Crippen LogP contribution < -0.4 is 5.32 Å². The minimum atomic E-state index is 0.549. The molecule has 18 heavy (non-hydrogen) atoms. The number of fused-ring (bicyclic) bond motifs is 2. The Bertz CT molecular complexity index is 575. The highest BCUT2D eigenvalue weighted by molar-refractivity contribution is 5.68. The maximum absolute atomic E-state index is 3.92. The maximum atomic E-state index is 3.92. The van der Waals surface area contributed by atoms with Crippen LogP contribution in [0.4, 0.5) is 0 Å². The summed E-state index contributed by atoms with van der Waals surface area (Å²) in [6.45, 7) is 5.15. The van der Waals surface area contributed by atoms with Crippen LogP contribution >= 0.6 is 0 Å². The lowest BCUT2D eigenvalue weighted by molar-refractivity contribution is -0.171. The average Bonchev–Trinajstić information content (AvgIpc) is 2.38. The molecule has 5 rings (SSSR count). The molecule has 1 heterocycles. The molecule has 1 N–H and O–H groups in total. The van der Waals surface area contributed by atoms with Crippen molar-refractivity contribution in [2.24, 2.45) is 5.92 Å². The quantitative estimate of drug-likeness (QED) is 0.791. The first kappa shape index (κ1) is 9.80. The Hall–Kier alpha value is -1.08. The number of piperidine rings is 1. The fourth-order valence-electron chi connectivity index (χ4n) is 5.92. The lowest BCUT2D eigenvalue weighted by Crippen LogP contribution is -2.93. The molecule has 2 saturated carbocycles. The van der Waals surface area contributed by atoms with Crippen molar-refractivity contribution in [1.82, 2.24) is 5.32 Å². The molecule has 1 nitrogen and oxygen atoms in total. The van der Waals surface area contributed by atoms with Crippen molar-refractivity contribution < 1.29 is 0 Å². The Kier molecular flexibility index (Phi) is 1.50. The van der Waals surface area contributed by atoms with E-state index in [1.807, 2.05) is 6.08 Å². The van der Waals surface area contributed by atoms with Crippen molar-refractivity contribution in [3.8, 4) is 0 Å². The third-order valence-electron chi connectivity index (χ3n) is 6.54. The second kappa shape index (κ2) is 2.75. The topological polar surface area (TPSA) is 12.0 Å². The van der Waals surface area contributed by atoms with Gasteiger partial charge in [-0.2, -0.15) is 0 Å². The molecule has 2 spiro atoms. The SMILES string of the molecule is C=Cc1ccc2c(c1)C13CCCCC1C1NCC213. The molecule has 4 unspecified atom stereocenters. The van der Waals surface area contributed by atoms with Crippen LogP contribution in [-0.4, -0.2) is 12.6 Å². The van der Waals surface area contributed by atoms with Crippen molar-refractivity contribution in [2.75, 3.05) is 6.54 Å². The first-order chi connectivity index (χ1) is 8.84. The van der Waals surface area contributed by atoms with E-state index in [1.54, 1.807) is 11.1 Å². The van der Waals surface area contributed by atoms with Crippen molar-refractivity contribution in [2.45, 2.75) is 42.6 Å². The molecule has 0 radical (unpaired) electrons. The van der Waals surface area contributed by atoms with Crippen LogP contribution in [0.3, 0.4) is 0 Å². The first-order valence-corrected chi connectivity index (χ1v) is 7.35. The van der Waals surface area contributed by atoms with Gasteiger partial charge in [0, 0.05) is 23.4 Å². The van der Waals surface area contributed by atoms with Gasteiger partial charge in [0.05, 0.1) is 0 Å². The lowest BCUT2D eigenvalue weighted by Gasteiger charge is -2.83. The Morgan fingerprint density at radius 3 is 2.94 bits per heavy atom. The summed E-state index contributed by atoms with van der Waals surface area (Å²) in [5, 5.41) is 3.71. The zero-order chi connectivity index (χ0) is 12.0. The van der Waals surface area contributed by atoms with E-state index in [4.69, 9.17) is 0 Å². The number of hydrogen-bond acceptors (Lipinski definition) is 1. The number of rotatable bonds is 1. The molecule has 1 heteroatoms. The molecule has 1 aromatic carbocycles. The van der Waals surface area contributed by atoms with Gasteiger partial charge < -0.3 is 5.32 Å². The summed E-state index contributed by atoms with van der Waals surface area (Å²) in [4.78, 5) is 0. The van der Waals surface area contributed by atoms with E-state index in [0.29, 0.717) is 10.8 Å². The van der Waals surface area contributed by atoms with Gasteiger partial charge in [-0.1, -0.05) is 43.7 Å². The number of nitrogens with one attached hydrogen (secondary N) is 1. The Labute approximate surface area is 108 Å². The molecule has 0 amide bonds. The van der Waals surface area contributed by atoms with Gasteiger partial charge in [0.1, 0.15) is 0 Å². The van der Waals surface area contributed by atoms with Gasteiger partial charge in [0.25, 0.3) is 0 Å². The summed E-state index contributed by atoms with van der Waals surface area (Å²) in [6, 6.07) is 7.87. The van der Waals surface area contributed by atoms with Crippen LogP contribution in [0.15, 0.2) is 24.8 Å². The molecule has 92 valence electrons. The summed E-state index contributed by atoms with van der Waals surface area (Å²) in [7, 11) is 0. The monoisotopic (exact) mass is 237 g/mol. The van der Waals surface area contributed by atoms with E-state index in [0.717, 1.165) is 12.0 Å². The lowest BCUT2D eigenvalue weighted by atomic mass is 9.24. The van der Waals surface area contributed by atoms with E-state index in [-0.39, 0.29) is 0 Å². The standard InChI is InChI=1S/C17H19N/c1-2-11-6-7-12-14(9-11)16-8-4-3-5-13(16)15-17(12,16)10-18-15/h2,6-7,9,13,15,18H,1,3-5,8,10H2. The van der Waals surface area contributed by atoms with Gasteiger partial charge in [0.2, 0.25) is 0 Å². The predicted molar refractivity (Wildman–Crippen MR) is 73.6 cm³/mol. The van der Waals surface area contributed by atoms with E-state index in [1.165, 1.54) is 37.8 Å². The van der Waals surface area contributed by atoms with Gasteiger partial charge >= 0.3 is 0 Å². The smallest absolute Gasteiger partial charge is 0.0337 e. The molecule has 1 saturated heterocycles. The van der Waals surface area contributed by atoms with Gasteiger partial charge in [-0.3, -0.25) is 0 Å². The van der Waals surface area contributed by atoms with Crippen molar-refractivity contribution in [3.63, 3.8) is 0 Å². The molecule has 4 aliphatic rings. The molecular formula is C17H19N. The summed E-state index contributed by atoms with van der Waals surface area (Å²) in [5.41, 5.74) is 5.76. The average molecular weight is 237 g/mol. The Morgan fingerprint density at radius 2 is 2.17 bits per heavy atom. The van der Waals surface area contributed by atoms with E-state index in [9.17, 15) is 0 Å². The Balaban J connectivity index is 1.74. The summed E-state index contributed by atoms with van der Waals surface area (Å²) >= 11 is 0. The fraction of sp³-hybridized carbons (Fsp3) is 0.529. The Morgan fingerprint density at radius 1 is 1.22 bits per heavy atom. The highest BCUT2D eigenvalue weighted by Crippen LogP contribution is 2.77. The summed E-state index contributed by atoms with van der Waals surface area (Å²) in [6.07, 6.45) is 7.75. The van der Waals surface area contributed by atoms with E-state index in [2.05, 4.69) is 30.1 Å². The molecule has 3 aliphatic carbocycles. The van der Waals surface area contributed by atoms with Gasteiger partial charge in [-0.25, -0.2) is 0 Å². The van der Waals surface area contributed by atoms with E-state index < -0.39 is 0 Å². The minimum Gasteiger partial charge on any atom is -0.312 e. The summed E-state index contributed by atoms with van der Waals surface area (Å²) < 4.78 is 0. The maximum Gasteiger partial charge on any atom is 0.0337 e. The summed E-state index contributed by atoms with van der Waals surface area (Å²) in [5.74, 6) is 0.924. The molecule has 0 aromatic heterocycles. The van der Waals surface area contributed by atoms with Crippen LogP contribution in [0, 0.1) is 5.92 Å². The van der Waals surface area contributed by atoms with Gasteiger partial charge in [-0.15, -0.1) is 0 Å². The van der Waals surface area contributed by atoms with Crippen molar-refractivity contribution in [1.29, 1.82) is 0 Å². The molecule has 0 bridgehead atoms. The normalized spacial score (nSPS) is 46.2. The van der Waals surface area contributed by atoms with Gasteiger partial charge in [-0.05, 0) is 35.4 Å². The highest BCUT2D eigenvalue weighted by Gasteiger charge is 2.82. The second-order valence-corrected chi connectivity index (χ2v) is 6.66. The van der Waals surface area contributed by atoms with Crippen LogP contribution in [0.5, 0.6) is 0 Å². The van der Waals surface area contributed by atoms with Crippen LogP contribution in [-0.2, 0) is 10.8 Å². The second-order valence-electron chi connectivity index (χ2n) is 6.66. The molecule has 1 aromatic rings. The molecule has 4 atom stereocenters. The van der Waals surface area contributed by atoms with Gasteiger partial charge in [0.15, 0.2) is 0 Å². The zero-order valence-corrected chi connectivity index (χ0v) is 10.7. The fourth-order valence-corrected chi connectivity index (χ4v) is 5.92. The number of hydrogen-bond donors (Lipinski definition) is 1.